The van der Waals surface area contributed by atoms with Crippen molar-refractivity contribution in [3.8, 4) is 11.5 Å². The van der Waals surface area contributed by atoms with Crippen LogP contribution in [0.5, 0.6) is 11.5 Å². The summed E-state index contributed by atoms with van der Waals surface area (Å²) in [5, 5.41) is 8.53. The smallest absolute Gasteiger partial charge is 0.343 e. The first-order chi connectivity index (χ1) is 23.2. The average molecular weight is 655 g/mol. The van der Waals surface area contributed by atoms with Gasteiger partial charge in [-0.05, 0) is 129 Å². The van der Waals surface area contributed by atoms with E-state index in [0.717, 1.165) is 44.6 Å². The number of carbonyl (C=O) groups excluding carboxylic acids is 3. The van der Waals surface area contributed by atoms with Crippen LogP contribution in [0.3, 0.4) is 0 Å². The molecule has 1 aliphatic carbocycles. The second-order valence-electron chi connectivity index (χ2n) is 12.6. The standard InChI is InChI=1S/C39H46N2O7/c1-5-37(42)46-25-9-7-6-8-24-45-33-19-13-30(14-20-33)38(43)47-34-21-17-32(18-22-34)41-40-31-15-11-29(12-16-31)39(44)48-36-26-28(4)10-23-35(36)27(2)3/h5,11-22,27-28,35-36H,1,6-10,23-26H2,2-4H3/t28-,35+,36-/m1/s1. The highest BCUT2D eigenvalue weighted by atomic mass is 16.5. The van der Waals surface area contributed by atoms with Gasteiger partial charge in [-0.2, -0.15) is 10.2 Å². The number of carbonyl (C=O) groups is 3. The number of esters is 3. The van der Waals surface area contributed by atoms with Gasteiger partial charge in [0.25, 0.3) is 0 Å². The van der Waals surface area contributed by atoms with E-state index in [0.29, 0.717) is 65.0 Å². The quantitative estimate of drug-likeness (QED) is 0.0497. The van der Waals surface area contributed by atoms with E-state index in [4.69, 9.17) is 18.9 Å². The molecular weight excluding hydrogens is 608 g/mol. The highest BCUT2D eigenvalue weighted by molar-refractivity contribution is 5.91. The molecule has 0 unspecified atom stereocenters. The van der Waals surface area contributed by atoms with Crippen LogP contribution >= 0.6 is 0 Å². The monoisotopic (exact) mass is 654 g/mol. The molecule has 9 heteroatoms. The van der Waals surface area contributed by atoms with E-state index in [1.165, 1.54) is 6.42 Å². The number of azo groups is 1. The summed E-state index contributed by atoms with van der Waals surface area (Å²) >= 11 is 0. The summed E-state index contributed by atoms with van der Waals surface area (Å²) in [4.78, 5) is 36.5. The van der Waals surface area contributed by atoms with Gasteiger partial charge in [-0.25, -0.2) is 14.4 Å². The van der Waals surface area contributed by atoms with Crippen LogP contribution in [0.15, 0.2) is 95.7 Å². The van der Waals surface area contributed by atoms with E-state index in [-0.39, 0.29) is 12.1 Å². The summed E-state index contributed by atoms with van der Waals surface area (Å²) in [5.41, 5.74) is 2.09. The fourth-order valence-corrected chi connectivity index (χ4v) is 5.65. The SMILES string of the molecule is C=CC(=O)OCCCCCCOc1ccc(C(=O)Oc2ccc(N=Nc3ccc(C(=O)O[C@@H]4C[C@H](C)CC[C@H]4C(C)C)cc3)cc2)cc1. The summed E-state index contributed by atoms with van der Waals surface area (Å²) in [6.45, 7) is 10.9. The largest absolute Gasteiger partial charge is 0.494 e. The van der Waals surface area contributed by atoms with Crippen molar-refractivity contribution in [2.45, 2.75) is 71.8 Å². The molecule has 48 heavy (non-hydrogen) atoms. The van der Waals surface area contributed by atoms with Crippen LogP contribution in [0.25, 0.3) is 0 Å². The van der Waals surface area contributed by atoms with E-state index < -0.39 is 11.9 Å². The zero-order valence-electron chi connectivity index (χ0n) is 28.1. The molecule has 0 aromatic heterocycles. The number of nitrogens with zero attached hydrogens (tertiary/aromatic N) is 2. The Morgan fingerprint density at radius 3 is 1.96 bits per heavy atom. The third kappa shape index (κ3) is 11.5. The van der Waals surface area contributed by atoms with Crippen LogP contribution in [-0.4, -0.2) is 37.2 Å². The van der Waals surface area contributed by atoms with Crippen molar-refractivity contribution in [3.05, 3.63) is 96.6 Å². The molecule has 4 rings (SSSR count). The molecule has 0 aliphatic heterocycles. The van der Waals surface area contributed by atoms with Crippen LogP contribution in [-0.2, 0) is 14.3 Å². The molecule has 0 heterocycles. The minimum Gasteiger partial charge on any atom is -0.494 e. The lowest BCUT2D eigenvalue weighted by Crippen LogP contribution is -2.35. The Bertz CT molecular complexity index is 1520. The number of unbranched alkanes of at least 4 members (excludes halogenated alkanes) is 3. The van der Waals surface area contributed by atoms with Crippen LogP contribution in [0.2, 0.25) is 0 Å². The maximum absolute atomic E-state index is 12.9. The molecule has 0 amide bonds. The predicted octanol–water partition coefficient (Wildman–Crippen LogP) is 9.61. The molecule has 3 aromatic rings. The van der Waals surface area contributed by atoms with E-state index >= 15 is 0 Å². The molecule has 254 valence electrons. The Balaban J connectivity index is 1.18. The maximum atomic E-state index is 12.9. The summed E-state index contributed by atoms with van der Waals surface area (Å²) in [7, 11) is 0. The van der Waals surface area contributed by atoms with Crippen molar-refractivity contribution >= 4 is 29.3 Å². The summed E-state index contributed by atoms with van der Waals surface area (Å²) < 4.78 is 22.2. The number of ether oxygens (including phenoxy) is 4. The first kappa shape index (κ1) is 36.1. The van der Waals surface area contributed by atoms with Gasteiger partial charge in [0, 0.05) is 6.08 Å². The third-order valence-electron chi connectivity index (χ3n) is 8.46. The molecule has 9 nitrogen and oxygen atoms in total. The summed E-state index contributed by atoms with van der Waals surface area (Å²) in [6.07, 6.45) is 7.86. The molecule has 0 spiro atoms. The third-order valence-corrected chi connectivity index (χ3v) is 8.46. The van der Waals surface area contributed by atoms with Crippen LogP contribution in [0.1, 0.15) is 86.4 Å². The van der Waals surface area contributed by atoms with Crippen LogP contribution in [0.4, 0.5) is 11.4 Å². The van der Waals surface area contributed by atoms with E-state index in [2.05, 4.69) is 37.6 Å². The van der Waals surface area contributed by atoms with Gasteiger partial charge >= 0.3 is 17.9 Å². The minimum atomic E-state index is -0.482. The first-order valence-electron chi connectivity index (χ1n) is 16.8. The molecule has 3 aromatic carbocycles. The molecule has 0 bridgehead atoms. The van der Waals surface area contributed by atoms with Crippen molar-refractivity contribution in [2.75, 3.05) is 13.2 Å². The highest BCUT2D eigenvalue weighted by Crippen LogP contribution is 2.36. The van der Waals surface area contributed by atoms with Crippen LogP contribution in [0, 0.1) is 17.8 Å². The highest BCUT2D eigenvalue weighted by Gasteiger charge is 2.33. The van der Waals surface area contributed by atoms with Crippen molar-refractivity contribution in [3.63, 3.8) is 0 Å². The minimum absolute atomic E-state index is 0.0510. The molecule has 0 N–H and O–H groups in total. The van der Waals surface area contributed by atoms with Gasteiger partial charge in [0.1, 0.15) is 17.6 Å². The normalized spacial score (nSPS) is 17.5. The number of hydrogen-bond acceptors (Lipinski definition) is 9. The second kappa shape index (κ2) is 18.5. The first-order valence-corrected chi connectivity index (χ1v) is 16.8. The summed E-state index contributed by atoms with van der Waals surface area (Å²) in [5.74, 6) is 1.29. The predicted molar refractivity (Wildman–Crippen MR) is 184 cm³/mol. The Labute approximate surface area is 283 Å². The van der Waals surface area contributed by atoms with Crippen molar-refractivity contribution in [1.29, 1.82) is 0 Å². The Morgan fingerprint density at radius 2 is 1.33 bits per heavy atom. The van der Waals surface area contributed by atoms with Gasteiger partial charge in [-0.1, -0.05) is 33.8 Å². The van der Waals surface area contributed by atoms with E-state index in [1.807, 2.05) is 0 Å². The zero-order valence-corrected chi connectivity index (χ0v) is 28.1. The lowest BCUT2D eigenvalue weighted by atomic mass is 9.75. The van der Waals surface area contributed by atoms with Gasteiger partial charge in [0.15, 0.2) is 0 Å². The molecular formula is C39H46N2O7. The maximum Gasteiger partial charge on any atom is 0.343 e. The van der Waals surface area contributed by atoms with Crippen molar-refractivity contribution in [2.24, 2.45) is 28.0 Å². The van der Waals surface area contributed by atoms with Gasteiger partial charge in [-0.3, -0.25) is 0 Å². The van der Waals surface area contributed by atoms with Gasteiger partial charge in [-0.15, -0.1) is 0 Å². The fraction of sp³-hybridized carbons (Fsp3) is 0.410. The summed E-state index contributed by atoms with van der Waals surface area (Å²) in [6, 6.07) is 20.4. The van der Waals surface area contributed by atoms with Crippen molar-refractivity contribution < 1.29 is 33.3 Å². The lowest BCUT2D eigenvalue weighted by molar-refractivity contribution is -0.137. The van der Waals surface area contributed by atoms with E-state index in [9.17, 15) is 14.4 Å². The van der Waals surface area contributed by atoms with Gasteiger partial charge in [0.05, 0.1) is 35.7 Å². The van der Waals surface area contributed by atoms with Crippen molar-refractivity contribution in [1.82, 2.24) is 0 Å². The number of hydrogen-bond donors (Lipinski definition) is 0. The molecule has 3 atom stereocenters. The van der Waals surface area contributed by atoms with Crippen LogP contribution < -0.4 is 9.47 Å². The Morgan fingerprint density at radius 1 is 0.771 bits per heavy atom. The average Bonchev–Trinajstić information content (AvgIpc) is 3.09. The molecule has 0 radical (unpaired) electrons. The fourth-order valence-electron chi connectivity index (χ4n) is 5.65. The number of rotatable bonds is 16. The molecule has 1 aliphatic rings. The Kier molecular flexibility index (Phi) is 13.9. The molecule has 1 saturated carbocycles. The molecule has 0 saturated heterocycles. The lowest BCUT2D eigenvalue weighted by Gasteiger charge is -2.36. The molecule has 1 fully saturated rings. The second-order valence-corrected chi connectivity index (χ2v) is 12.6. The zero-order chi connectivity index (χ0) is 34.3. The van der Waals surface area contributed by atoms with Gasteiger partial charge in [0.2, 0.25) is 0 Å². The number of benzene rings is 3. The van der Waals surface area contributed by atoms with E-state index in [1.54, 1.807) is 72.8 Å². The topological polar surface area (TPSA) is 113 Å². The Hall–Kier alpha value is -4.79. The van der Waals surface area contributed by atoms with Gasteiger partial charge < -0.3 is 18.9 Å².